The second-order valence-electron chi connectivity index (χ2n) is 9.23. The fourth-order valence-corrected chi connectivity index (χ4v) is 4.79. The summed E-state index contributed by atoms with van der Waals surface area (Å²) in [5, 5.41) is 4.00. The van der Waals surface area contributed by atoms with Gasteiger partial charge in [-0.2, -0.15) is 18.3 Å². The molecule has 1 unspecified atom stereocenters. The SMILES string of the molecule is O=C(CC1(COc2cccc(Cl)c2)CCCN(C(=O)Cn2ccc(C(F)(F)F)n2)C1)N1CCOCC1. The van der Waals surface area contributed by atoms with E-state index in [1.807, 2.05) is 0 Å². The largest absolute Gasteiger partial charge is 0.493 e. The topological polar surface area (TPSA) is 76.9 Å². The van der Waals surface area contributed by atoms with Crippen LogP contribution in [0.4, 0.5) is 13.2 Å². The molecule has 2 fully saturated rings. The van der Waals surface area contributed by atoms with Crippen molar-refractivity contribution in [3.8, 4) is 5.75 Å². The van der Waals surface area contributed by atoms with Crippen molar-refractivity contribution in [1.29, 1.82) is 0 Å². The van der Waals surface area contributed by atoms with Crippen LogP contribution in [0.15, 0.2) is 36.5 Å². The Hall–Kier alpha value is -2.79. The Kier molecular flexibility index (Phi) is 8.09. The van der Waals surface area contributed by atoms with E-state index in [1.54, 1.807) is 34.1 Å². The van der Waals surface area contributed by atoms with Gasteiger partial charge in [-0.15, -0.1) is 0 Å². The van der Waals surface area contributed by atoms with Gasteiger partial charge >= 0.3 is 6.18 Å². The van der Waals surface area contributed by atoms with Gasteiger partial charge in [-0.3, -0.25) is 14.3 Å². The molecule has 0 N–H and O–H groups in total. The normalized spacial score (nSPS) is 20.9. The molecule has 2 aromatic rings. The molecule has 0 bridgehead atoms. The van der Waals surface area contributed by atoms with Crippen LogP contribution in [0.3, 0.4) is 0 Å². The zero-order valence-corrected chi connectivity index (χ0v) is 20.4. The molecule has 3 heterocycles. The number of hydrogen-bond donors (Lipinski definition) is 0. The van der Waals surface area contributed by atoms with E-state index in [9.17, 15) is 22.8 Å². The molecule has 8 nitrogen and oxygen atoms in total. The molecule has 12 heteroatoms. The van der Waals surface area contributed by atoms with Crippen molar-refractivity contribution < 1.29 is 32.2 Å². The Bertz CT molecular complexity index is 1070. The average Bonchev–Trinajstić information content (AvgIpc) is 3.33. The summed E-state index contributed by atoms with van der Waals surface area (Å²) >= 11 is 6.07. The quantitative estimate of drug-likeness (QED) is 0.550. The number of halogens is 4. The summed E-state index contributed by atoms with van der Waals surface area (Å²) in [5.41, 5.74) is -1.71. The zero-order valence-electron chi connectivity index (χ0n) is 19.7. The van der Waals surface area contributed by atoms with Crippen LogP contribution in [0, 0.1) is 5.41 Å². The molecule has 2 amide bonds. The second-order valence-corrected chi connectivity index (χ2v) is 9.67. The molecule has 1 aromatic heterocycles. The smallest absolute Gasteiger partial charge is 0.435 e. The van der Waals surface area contributed by atoms with Gasteiger partial charge in [0.05, 0.1) is 19.8 Å². The maximum Gasteiger partial charge on any atom is 0.435 e. The van der Waals surface area contributed by atoms with Crippen LogP contribution < -0.4 is 4.74 Å². The maximum absolute atomic E-state index is 13.2. The first-order valence-corrected chi connectivity index (χ1v) is 12.1. The van der Waals surface area contributed by atoms with E-state index in [-0.39, 0.29) is 37.9 Å². The van der Waals surface area contributed by atoms with Crippen molar-refractivity contribution in [3.05, 3.63) is 47.2 Å². The number of aromatic nitrogens is 2. The van der Waals surface area contributed by atoms with Gasteiger partial charge in [-0.25, -0.2) is 0 Å². The highest BCUT2D eigenvalue weighted by Crippen LogP contribution is 2.36. The van der Waals surface area contributed by atoms with Gasteiger partial charge in [0.25, 0.3) is 0 Å². The van der Waals surface area contributed by atoms with Crippen LogP contribution in [-0.4, -0.2) is 77.4 Å². The van der Waals surface area contributed by atoms with Crippen LogP contribution in [0.25, 0.3) is 0 Å². The lowest BCUT2D eigenvalue weighted by Crippen LogP contribution is -2.52. The lowest BCUT2D eigenvalue weighted by molar-refractivity contribution is -0.144. The van der Waals surface area contributed by atoms with E-state index >= 15 is 0 Å². The van der Waals surface area contributed by atoms with Gasteiger partial charge in [-0.1, -0.05) is 17.7 Å². The number of morpholine rings is 1. The molecule has 0 aliphatic carbocycles. The summed E-state index contributed by atoms with van der Waals surface area (Å²) in [6, 6.07) is 7.78. The van der Waals surface area contributed by atoms with Crippen molar-refractivity contribution >= 4 is 23.4 Å². The number of amides is 2. The number of carbonyl (C=O) groups is 2. The molecule has 1 aromatic carbocycles. The van der Waals surface area contributed by atoms with Crippen LogP contribution in [0.5, 0.6) is 5.75 Å². The first-order valence-electron chi connectivity index (χ1n) is 11.8. The monoisotopic (exact) mass is 528 g/mol. The minimum Gasteiger partial charge on any atom is -0.493 e. The highest BCUT2D eigenvalue weighted by molar-refractivity contribution is 6.30. The Morgan fingerprint density at radius 2 is 1.89 bits per heavy atom. The van der Waals surface area contributed by atoms with Crippen molar-refractivity contribution in [3.63, 3.8) is 0 Å². The number of nitrogens with zero attached hydrogens (tertiary/aromatic N) is 4. The molecule has 2 saturated heterocycles. The molecular formula is C24H28ClF3N4O4. The Morgan fingerprint density at radius 3 is 2.58 bits per heavy atom. The van der Waals surface area contributed by atoms with E-state index in [1.165, 1.54) is 0 Å². The number of carbonyl (C=O) groups excluding carboxylic acids is 2. The number of benzene rings is 1. The van der Waals surface area contributed by atoms with Crippen molar-refractivity contribution in [1.82, 2.24) is 19.6 Å². The molecule has 196 valence electrons. The van der Waals surface area contributed by atoms with E-state index in [2.05, 4.69) is 5.10 Å². The molecule has 0 saturated carbocycles. The molecule has 1 atom stereocenters. The highest BCUT2D eigenvalue weighted by atomic mass is 35.5. The van der Waals surface area contributed by atoms with Crippen molar-refractivity contribution in [2.24, 2.45) is 5.41 Å². The minimum atomic E-state index is -4.58. The first kappa shape index (κ1) is 26.3. The highest BCUT2D eigenvalue weighted by Gasteiger charge is 2.41. The van der Waals surface area contributed by atoms with Gasteiger partial charge < -0.3 is 19.3 Å². The third-order valence-electron chi connectivity index (χ3n) is 6.47. The molecule has 0 radical (unpaired) electrons. The summed E-state index contributed by atoms with van der Waals surface area (Å²) in [6.07, 6.45) is -1.97. The molecule has 2 aliphatic rings. The number of hydrogen-bond acceptors (Lipinski definition) is 5. The Balaban J connectivity index is 1.48. The van der Waals surface area contributed by atoms with Crippen LogP contribution in [0.2, 0.25) is 5.02 Å². The maximum atomic E-state index is 13.2. The number of alkyl halides is 3. The van der Waals surface area contributed by atoms with E-state index in [4.69, 9.17) is 21.1 Å². The van der Waals surface area contributed by atoms with Crippen molar-refractivity contribution in [2.75, 3.05) is 46.0 Å². The summed E-state index contributed by atoms with van der Waals surface area (Å²) < 4.78 is 51.0. The minimum absolute atomic E-state index is 0.0378. The Morgan fingerprint density at radius 1 is 1.11 bits per heavy atom. The van der Waals surface area contributed by atoms with Gasteiger partial charge in [0.1, 0.15) is 12.3 Å². The standard InChI is InChI=1S/C24H28ClF3N4O4/c25-18-3-1-4-19(13-18)36-17-23(14-21(33)30-9-11-35-12-10-30)6-2-7-31(16-23)22(34)15-32-8-5-20(29-32)24(26,27)28/h1,3-5,8,13H,2,6-7,9-12,14-17H2. The van der Waals surface area contributed by atoms with Gasteiger partial charge in [-0.05, 0) is 37.1 Å². The third kappa shape index (κ3) is 6.70. The first-order chi connectivity index (χ1) is 17.1. The summed E-state index contributed by atoms with van der Waals surface area (Å²) in [7, 11) is 0. The molecule has 0 spiro atoms. The van der Waals surface area contributed by atoms with Gasteiger partial charge in [0, 0.05) is 49.2 Å². The van der Waals surface area contributed by atoms with E-state index in [0.29, 0.717) is 56.5 Å². The van der Waals surface area contributed by atoms with Crippen molar-refractivity contribution in [2.45, 2.75) is 32.0 Å². The fraction of sp³-hybridized carbons (Fsp3) is 0.542. The molecule has 36 heavy (non-hydrogen) atoms. The number of rotatable bonds is 7. The number of likely N-dealkylation sites (tertiary alicyclic amines) is 1. The van der Waals surface area contributed by atoms with Gasteiger partial charge in [0.15, 0.2) is 5.69 Å². The Labute approximate surface area is 211 Å². The molecular weight excluding hydrogens is 501 g/mol. The molecule has 2 aliphatic heterocycles. The molecule has 4 rings (SSSR count). The lowest BCUT2D eigenvalue weighted by Gasteiger charge is -2.43. The third-order valence-corrected chi connectivity index (χ3v) is 6.71. The average molecular weight is 529 g/mol. The van der Waals surface area contributed by atoms with E-state index in [0.717, 1.165) is 16.9 Å². The van der Waals surface area contributed by atoms with E-state index < -0.39 is 17.3 Å². The van der Waals surface area contributed by atoms with Crippen LogP contribution >= 0.6 is 11.6 Å². The zero-order chi connectivity index (χ0) is 25.8. The summed E-state index contributed by atoms with van der Waals surface area (Å²) in [4.78, 5) is 29.6. The number of piperidine rings is 1. The van der Waals surface area contributed by atoms with Gasteiger partial charge in [0.2, 0.25) is 11.8 Å². The fourth-order valence-electron chi connectivity index (χ4n) is 4.61. The van der Waals surface area contributed by atoms with Crippen LogP contribution in [0.1, 0.15) is 25.0 Å². The lowest BCUT2D eigenvalue weighted by atomic mass is 9.77. The summed E-state index contributed by atoms with van der Waals surface area (Å²) in [5.74, 6) is 0.155. The second kappa shape index (κ2) is 11.1. The number of ether oxygens (including phenoxy) is 2. The van der Waals surface area contributed by atoms with Crippen LogP contribution in [-0.2, 0) is 27.0 Å². The predicted molar refractivity (Wildman–Crippen MR) is 124 cm³/mol. The summed E-state index contributed by atoms with van der Waals surface area (Å²) in [6.45, 7) is 2.53. The predicted octanol–water partition coefficient (Wildman–Crippen LogP) is 3.49.